The molecule has 0 saturated carbocycles. The zero-order valence-electron chi connectivity index (χ0n) is 7.54. The summed E-state index contributed by atoms with van der Waals surface area (Å²) in [5.74, 6) is 0. The Morgan fingerprint density at radius 1 is 1.21 bits per heavy atom. The van der Waals surface area contributed by atoms with Crippen molar-refractivity contribution in [3.05, 3.63) is 45.4 Å². The summed E-state index contributed by atoms with van der Waals surface area (Å²) in [5, 5.41) is 0. The first kappa shape index (κ1) is 9.93. The van der Waals surface area contributed by atoms with Crippen LogP contribution in [0.15, 0.2) is 39.8 Å². The number of rotatable bonds is 1. The summed E-state index contributed by atoms with van der Waals surface area (Å²) >= 11 is 6.75. The van der Waals surface area contributed by atoms with Crippen LogP contribution < -0.4 is 0 Å². The van der Waals surface area contributed by atoms with Crippen LogP contribution in [0.2, 0.25) is 0 Å². The van der Waals surface area contributed by atoms with Gasteiger partial charge >= 0.3 is 0 Å². The molecule has 1 heterocycles. The number of nitrogens with zero attached hydrogens (tertiary/aromatic N) is 2. The Labute approximate surface area is 99.2 Å². The monoisotopic (exact) mass is 314 g/mol. The maximum absolute atomic E-state index is 4.22. The van der Waals surface area contributed by atoms with E-state index in [1.54, 1.807) is 0 Å². The highest BCUT2D eigenvalue weighted by molar-refractivity contribution is 9.11. The predicted octanol–water partition coefficient (Wildman–Crippen LogP) is 3.71. The SMILES string of the molecule is Cc1ccccc1-n1cc(Br)nc1Br. The molecule has 2 aromatic rings. The minimum atomic E-state index is 0.804. The van der Waals surface area contributed by atoms with Crippen LogP contribution in [0.5, 0.6) is 0 Å². The van der Waals surface area contributed by atoms with E-state index in [2.05, 4.69) is 55.9 Å². The van der Waals surface area contributed by atoms with E-state index in [0.717, 1.165) is 15.0 Å². The second-order valence-electron chi connectivity index (χ2n) is 2.99. The molecule has 1 aromatic carbocycles. The Kier molecular flexibility index (Phi) is 2.74. The number of hydrogen-bond donors (Lipinski definition) is 0. The number of hydrogen-bond acceptors (Lipinski definition) is 1. The lowest BCUT2D eigenvalue weighted by Gasteiger charge is -2.06. The molecule has 0 aliphatic heterocycles. The van der Waals surface area contributed by atoms with Crippen LogP contribution in [0, 0.1) is 6.92 Å². The van der Waals surface area contributed by atoms with E-state index >= 15 is 0 Å². The molecule has 0 amide bonds. The fourth-order valence-electron chi connectivity index (χ4n) is 1.33. The average molecular weight is 316 g/mol. The van der Waals surface area contributed by atoms with Crippen LogP contribution in [0.1, 0.15) is 5.56 Å². The minimum Gasteiger partial charge on any atom is -0.293 e. The van der Waals surface area contributed by atoms with Gasteiger partial charge in [0.15, 0.2) is 4.73 Å². The first-order chi connectivity index (χ1) is 6.68. The molecule has 0 aliphatic rings. The standard InChI is InChI=1S/C10H8Br2N2/c1-7-4-2-3-5-8(7)14-6-9(11)13-10(14)12/h2-6H,1H3. The third-order valence-corrected chi connectivity index (χ3v) is 2.95. The van der Waals surface area contributed by atoms with Crippen LogP contribution in [-0.4, -0.2) is 9.55 Å². The number of aryl methyl sites for hydroxylation is 1. The Hall–Kier alpha value is -0.610. The van der Waals surface area contributed by atoms with Gasteiger partial charge in [-0.25, -0.2) is 4.98 Å². The zero-order chi connectivity index (χ0) is 10.1. The van der Waals surface area contributed by atoms with Crippen LogP contribution in [0.3, 0.4) is 0 Å². The number of aromatic nitrogens is 2. The highest BCUT2D eigenvalue weighted by Gasteiger charge is 2.06. The smallest absolute Gasteiger partial charge is 0.182 e. The van der Waals surface area contributed by atoms with Gasteiger partial charge in [0, 0.05) is 6.20 Å². The largest absolute Gasteiger partial charge is 0.293 e. The third kappa shape index (κ3) is 1.77. The van der Waals surface area contributed by atoms with Gasteiger partial charge in [-0.15, -0.1) is 0 Å². The molecule has 4 heteroatoms. The van der Waals surface area contributed by atoms with Gasteiger partial charge in [-0.3, -0.25) is 4.57 Å². The Bertz CT molecular complexity index is 463. The van der Waals surface area contributed by atoms with Gasteiger partial charge < -0.3 is 0 Å². The van der Waals surface area contributed by atoms with Crippen molar-refractivity contribution in [1.29, 1.82) is 0 Å². The number of para-hydroxylation sites is 1. The average Bonchev–Trinajstić information content (AvgIpc) is 2.46. The first-order valence-electron chi connectivity index (χ1n) is 4.15. The maximum atomic E-state index is 4.22. The summed E-state index contributed by atoms with van der Waals surface area (Å²) in [5.41, 5.74) is 2.36. The molecule has 0 fully saturated rings. The molecule has 0 spiro atoms. The van der Waals surface area contributed by atoms with Gasteiger partial charge in [-0.1, -0.05) is 18.2 Å². The molecule has 0 unspecified atom stereocenters. The molecule has 2 nitrogen and oxygen atoms in total. The number of halogens is 2. The molecule has 0 aliphatic carbocycles. The second kappa shape index (κ2) is 3.87. The molecule has 1 aromatic heterocycles. The molecule has 2 rings (SSSR count). The molecule has 72 valence electrons. The van der Waals surface area contributed by atoms with Gasteiger partial charge in [0.1, 0.15) is 4.60 Å². The van der Waals surface area contributed by atoms with Crippen LogP contribution >= 0.6 is 31.9 Å². The molecule has 0 radical (unpaired) electrons. The quantitative estimate of drug-likeness (QED) is 0.784. The zero-order valence-corrected chi connectivity index (χ0v) is 10.7. The van der Waals surface area contributed by atoms with E-state index in [0.29, 0.717) is 0 Å². The van der Waals surface area contributed by atoms with Crippen LogP contribution in [0.25, 0.3) is 5.69 Å². The highest BCUT2D eigenvalue weighted by atomic mass is 79.9. The van der Waals surface area contributed by atoms with Gasteiger partial charge in [0.25, 0.3) is 0 Å². The number of imidazole rings is 1. The molecule has 0 saturated heterocycles. The lowest BCUT2D eigenvalue weighted by molar-refractivity contribution is 1.00. The van der Waals surface area contributed by atoms with Crippen molar-refractivity contribution in [2.24, 2.45) is 0 Å². The van der Waals surface area contributed by atoms with Crippen molar-refractivity contribution in [1.82, 2.24) is 9.55 Å². The van der Waals surface area contributed by atoms with Crippen molar-refractivity contribution in [2.45, 2.75) is 6.92 Å². The fraction of sp³-hybridized carbons (Fsp3) is 0.100. The Morgan fingerprint density at radius 2 is 1.93 bits per heavy atom. The van der Waals surface area contributed by atoms with Gasteiger partial charge in [0.2, 0.25) is 0 Å². The van der Waals surface area contributed by atoms with Crippen molar-refractivity contribution < 1.29 is 0 Å². The van der Waals surface area contributed by atoms with Crippen LogP contribution in [0.4, 0.5) is 0 Å². The van der Waals surface area contributed by atoms with Crippen molar-refractivity contribution in [3.8, 4) is 5.69 Å². The summed E-state index contributed by atoms with van der Waals surface area (Å²) in [4.78, 5) is 4.22. The Morgan fingerprint density at radius 3 is 2.50 bits per heavy atom. The normalized spacial score (nSPS) is 10.5. The van der Waals surface area contributed by atoms with E-state index in [-0.39, 0.29) is 0 Å². The van der Waals surface area contributed by atoms with E-state index < -0.39 is 0 Å². The molecule has 0 N–H and O–H groups in total. The second-order valence-corrected chi connectivity index (χ2v) is 4.51. The number of benzene rings is 1. The summed E-state index contributed by atoms with van der Waals surface area (Å²) < 4.78 is 3.63. The highest BCUT2D eigenvalue weighted by Crippen LogP contribution is 2.22. The fourth-order valence-corrected chi connectivity index (χ4v) is 2.43. The van der Waals surface area contributed by atoms with Gasteiger partial charge in [-0.05, 0) is 50.4 Å². The summed E-state index contributed by atoms with van der Waals surface area (Å²) in [6.07, 6.45) is 1.94. The molecule has 0 atom stereocenters. The molecule has 14 heavy (non-hydrogen) atoms. The topological polar surface area (TPSA) is 17.8 Å². The lowest BCUT2D eigenvalue weighted by atomic mass is 10.2. The van der Waals surface area contributed by atoms with E-state index in [9.17, 15) is 0 Å². The molecular weight excluding hydrogens is 308 g/mol. The molecular formula is C10H8Br2N2. The lowest BCUT2D eigenvalue weighted by Crippen LogP contribution is -1.94. The van der Waals surface area contributed by atoms with Gasteiger partial charge in [0.05, 0.1) is 5.69 Å². The van der Waals surface area contributed by atoms with Gasteiger partial charge in [-0.2, -0.15) is 0 Å². The molecule has 0 bridgehead atoms. The first-order valence-corrected chi connectivity index (χ1v) is 5.73. The summed E-state index contributed by atoms with van der Waals surface area (Å²) in [6, 6.07) is 8.19. The Balaban J connectivity index is 2.60. The van der Waals surface area contributed by atoms with E-state index in [1.807, 2.05) is 22.9 Å². The van der Waals surface area contributed by atoms with Crippen molar-refractivity contribution in [2.75, 3.05) is 0 Å². The van der Waals surface area contributed by atoms with Crippen molar-refractivity contribution in [3.63, 3.8) is 0 Å². The summed E-state index contributed by atoms with van der Waals surface area (Å²) in [6.45, 7) is 2.08. The van der Waals surface area contributed by atoms with E-state index in [1.165, 1.54) is 5.56 Å². The predicted molar refractivity (Wildman–Crippen MR) is 63.7 cm³/mol. The summed E-state index contributed by atoms with van der Waals surface area (Å²) in [7, 11) is 0. The van der Waals surface area contributed by atoms with E-state index in [4.69, 9.17) is 0 Å². The van der Waals surface area contributed by atoms with Crippen LogP contribution in [-0.2, 0) is 0 Å². The third-order valence-electron chi connectivity index (χ3n) is 2.01. The minimum absolute atomic E-state index is 0.804. The van der Waals surface area contributed by atoms with Crippen molar-refractivity contribution >= 4 is 31.9 Å². The maximum Gasteiger partial charge on any atom is 0.182 e.